The third kappa shape index (κ3) is 3.85. The molecule has 0 unspecified atom stereocenters. The largest absolute Gasteiger partial charge is 0.375 e. The maximum atomic E-state index is 13.0. The van der Waals surface area contributed by atoms with Crippen LogP contribution in [0.25, 0.3) is 0 Å². The molecule has 0 aliphatic heterocycles. The lowest BCUT2D eigenvalue weighted by molar-refractivity contribution is 0.628. The van der Waals surface area contributed by atoms with E-state index in [2.05, 4.69) is 26.5 Å². The Bertz CT molecular complexity index is 656. The molecular formula is C14H11BrFN3S. The van der Waals surface area contributed by atoms with Gasteiger partial charge in [-0.2, -0.15) is 5.10 Å². The van der Waals surface area contributed by atoms with Gasteiger partial charge in [0.05, 0.1) is 5.71 Å². The van der Waals surface area contributed by atoms with Crippen molar-refractivity contribution in [3.8, 4) is 0 Å². The van der Waals surface area contributed by atoms with Gasteiger partial charge in [0.25, 0.3) is 0 Å². The summed E-state index contributed by atoms with van der Waals surface area (Å²) in [5, 5.41) is 4.26. The molecule has 2 aromatic carbocycles. The van der Waals surface area contributed by atoms with E-state index in [1.165, 1.54) is 12.1 Å². The van der Waals surface area contributed by atoms with Crippen molar-refractivity contribution in [1.82, 2.24) is 5.43 Å². The van der Waals surface area contributed by atoms with Crippen LogP contribution in [0.5, 0.6) is 0 Å². The molecule has 0 spiro atoms. The Morgan fingerprint density at radius 2 is 1.85 bits per heavy atom. The van der Waals surface area contributed by atoms with Crippen LogP contribution in [-0.4, -0.2) is 10.8 Å². The Labute approximate surface area is 129 Å². The van der Waals surface area contributed by atoms with Crippen LogP contribution in [-0.2, 0) is 0 Å². The maximum absolute atomic E-state index is 13.0. The molecule has 0 saturated heterocycles. The summed E-state index contributed by atoms with van der Waals surface area (Å²) in [6, 6.07) is 13.7. The van der Waals surface area contributed by atoms with Crippen molar-refractivity contribution in [2.75, 3.05) is 0 Å². The number of nitrogens with zero attached hydrogens (tertiary/aromatic N) is 1. The van der Waals surface area contributed by atoms with Gasteiger partial charge < -0.3 is 5.73 Å². The molecule has 3 N–H and O–H groups in total. The van der Waals surface area contributed by atoms with E-state index in [0.717, 1.165) is 15.6 Å². The Kier molecular flexibility index (Phi) is 4.81. The lowest BCUT2D eigenvalue weighted by atomic mass is 10.0. The topological polar surface area (TPSA) is 50.4 Å². The monoisotopic (exact) mass is 351 g/mol. The lowest BCUT2D eigenvalue weighted by Crippen LogP contribution is -2.26. The summed E-state index contributed by atoms with van der Waals surface area (Å²) in [5.74, 6) is -0.301. The number of rotatable bonds is 3. The second-order valence-electron chi connectivity index (χ2n) is 3.95. The molecule has 2 rings (SSSR count). The summed E-state index contributed by atoms with van der Waals surface area (Å²) in [6.45, 7) is 0. The van der Waals surface area contributed by atoms with Gasteiger partial charge in [0.2, 0.25) is 0 Å². The van der Waals surface area contributed by atoms with Gasteiger partial charge in [-0.1, -0.05) is 28.1 Å². The number of halogens is 2. The molecule has 0 fully saturated rings. The minimum Gasteiger partial charge on any atom is -0.375 e. The van der Waals surface area contributed by atoms with Crippen molar-refractivity contribution in [3.63, 3.8) is 0 Å². The van der Waals surface area contributed by atoms with E-state index < -0.39 is 0 Å². The molecule has 102 valence electrons. The highest BCUT2D eigenvalue weighted by molar-refractivity contribution is 9.10. The molecule has 20 heavy (non-hydrogen) atoms. The zero-order chi connectivity index (χ0) is 14.5. The summed E-state index contributed by atoms with van der Waals surface area (Å²) < 4.78 is 13.9. The van der Waals surface area contributed by atoms with E-state index in [0.29, 0.717) is 5.71 Å². The van der Waals surface area contributed by atoms with E-state index in [1.807, 2.05) is 24.3 Å². The van der Waals surface area contributed by atoms with E-state index in [4.69, 9.17) is 18.0 Å². The second kappa shape index (κ2) is 6.58. The van der Waals surface area contributed by atoms with Crippen molar-refractivity contribution in [1.29, 1.82) is 0 Å². The minimum atomic E-state index is -0.301. The van der Waals surface area contributed by atoms with E-state index in [-0.39, 0.29) is 10.9 Å². The first kappa shape index (κ1) is 14.6. The molecule has 0 bridgehead atoms. The Morgan fingerprint density at radius 3 is 2.45 bits per heavy atom. The minimum absolute atomic E-state index is 0.0691. The summed E-state index contributed by atoms with van der Waals surface area (Å²) in [4.78, 5) is 0. The third-order valence-electron chi connectivity index (χ3n) is 2.49. The van der Waals surface area contributed by atoms with Gasteiger partial charge in [-0.25, -0.2) is 4.39 Å². The fourth-order valence-electron chi connectivity index (χ4n) is 1.65. The predicted octanol–water partition coefficient (Wildman–Crippen LogP) is 3.17. The quantitative estimate of drug-likeness (QED) is 0.507. The lowest BCUT2D eigenvalue weighted by Gasteiger charge is -2.08. The van der Waals surface area contributed by atoms with Crippen molar-refractivity contribution >= 4 is 39.0 Å². The van der Waals surface area contributed by atoms with Crippen LogP contribution in [0.1, 0.15) is 11.1 Å². The van der Waals surface area contributed by atoms with Crippen molar-refractivity contribution in [2.45, 2.75) is 0 Å². The summed E-state index contributed by atoms with van der Waals surface area (Å²) in [6.07, 6.45) is 0. The highest BCUT2D eigenvalue weighted by Gasteiger charge is 2.08. The number of thiocarbonyl (C=S) groups is 1. The van der Waals surface area contributed by atoms with Gasteiger partial charge in [0.15, 0.2) is 5.11 Å². The first-order valence-electron chi connectivity index (χ1n) is 5.71. The molecule has 0 atom stereocenters. The fourth-order valence-corrected chi connectivity index (χ4v) is 2.10. The van der Waals surface area contributed by atoms with Crippen LogP contribution in [0, 0.1) is 5.82 Å². The van der Waals surface area contributed by atoms with Gasteiger partial charge >= 0.3 is 0 Å². The number of benzene rings is 2. The number of nitrogens with two attached hydrogens (primary N) is 1. The summed E-state index contributed by atoms with van der Waals surface area (Å²) >= 11 is 8.16. The Hall–Kier alpha value is -1.79. The predicted molar refractivity (Wildman–Crippen MR) is 86.1 cm³/mol. The van der Waals surface area contributed by atoms with Crippen LogP contribution < -0.4 is 11.2 Å². The zero-order valence-electron chi connectivity index (χ0n) is 10.3. The number of hydrogen-bond acceptors (Lipinski definition) is 2. The normalized spacial score (nSPS) is 11.2. The van der Waals surface area contributed by atoms with Crippen molar-refractivity contribution in [3.05, 3.63) is 69.9 Å². The first-order valence-corrected chi connectivity index (χ1v) is 6.91. The average Bonchev–Trinajstić information content (AvgIpc) is 2.41. The van der Waals surface area contributed by atoms with Gasteiger partial charge in [-0.15, -0.1) is 0 Å². The molecule has 6 heteroatoms. The van der Waals surface area contributed by atoms with Crippen LogP contribution in [0.3, 0.4) is 0 Å². The first-order chi connectivity index (χ1) is 9.56. The highest BCUT2D eigenvalue weighted by Crippen LogP contribution is 2.16. The zero-order valence-corrected chi connectivity index (χ0v) is 12.7. The Balaban J connectivity index is 2.47. The molecular weight excluding hydrogens is 341 g/mol. The van der Waals surface area contributed by atoms with Crippen molar-refractivity contribution < 1.29 is 4.39 Å². The molecule has 0 amide bonds. The summed E-state index contributed by atoms with van der Waals surface area (Å²) in [5.41, 5.74) is 10.2. The van der Waals surface area contributed by atoms with Gasteiger partial charge in [0.1, 0.15) is 5.82 Å². The van der Waals surface area contributed by atoms with E-state index in [1.54, 1.807) is 12.1 Å². The van der Waals surface area contributed by atoms with Crippen LogP contribution in [0.15, 0.2) is 58.1 Å². The second-order valence-corrected chi connectivity index (χ2v) is 5.31. The van der Waals surface area contributed by atoms with E-state index >= 15 is 0 Å². The molecule has 0 radical (unpaired) electrons. The van der Waals surface area contributed by atoms with Gasteiger partial charge in [-0.3, -0.25) is 5.43 Å². The van der Waals surface area contributed by atoms with Crippen molar-refractivity contribution in [2.24, 2.45) is 10.8 Å². The van der Waals surface area contributed by atoms with Crippen LogP contribution in [0.4, 0.5) is 4.39 Å². The molecule has 2 aromatic rings. The molecule has 0 aliphatic carbocycles. The SMILES string of the molecule is NC(=S)N/N=C(\c1ccc(F)cc1)c1cccc(Br)c1. The number of hydrogen-bond donors (Lipinski definition) is 2. The smallest absolute Gasteiger partial charge is 0.184 e. The molecule has 0 aromatic heterocycles. The maximum Gasteiger partial charge on any atom is 0.184 e. The third-order valence-corrected chi connectivity index (χ3v) is 3.08. The fraction of sp³-hybridized carbons (Fsp3) is 0. The number of hydrazone groups is 1. The van der Waals surface area contributed by atoms with Gasteiger partial charge in [-0.05, 0) is 48.6 Å². The highest BCUT2D eigenvalue weighted by atomic mass is 79.9. The molecule has 0 aliphatic rings. The number of nitrogens with one attached hydrogen (secondary N) is 1. The van der Waals surface area contributed by atoms with Gasteiger partial charge in [0, 0.05) is 15.6 Å². The van der Waals surface area contributed by atoms with Crippen LogP contribution >= 0.6 is 28.1 Å². The molecule has 0 saturated carbocycles. The summed E-state index contributed by atoms with van der Waals surface area (Å²) in [7, 11) is 0. The standard InChI is InChI=1S/C14H11BrFN3S/c15-11-3-1-2-10(8-11)13(18-19-14(17)20)9-4-6-12(16)7-5-9/h1-8H,(H3,17,19,20)/b18-13+. The van der Waals surface area contributed by atoms with Crippen LogP contribution in [0.2, 0.25) is 0 Å². The Morgan fingerprint density at radius 1 is 1.15 bits per heavy atom. The molecule has 3 nitrogen and oxygen atoms in total. The average molecular weight is 352 g/mol. The van der Waals surface area contributed by atoms with E-state index in [9.17, 15) is 4.39 Å². The molecule has 0 heterocycles.